The molecule has 0 saturated heterocycles. The number of hydrogen-bond acceptors (Lipinski definition) is 3. The van der Waals surface area contributed by atoms with Gasteiger partial charge in [0.1, 0.15) is 0 Å². The van der Waals surface area contributed by atoms with Crippen LogP contribution in [0.15, 0.2) is 6.07 Å². The molecule has 1 heterocycles. The molecule has 0 radical (unpaired) electrons. The van der Waals surface area contributed by atoms with Crippen LogP contribution in [0.25, 0.3) is 0 Å². The van der Waals surface area contributed by atoms with Crippen molar-refractivity contribution >= 4 is 17.3 Å². The molecule has 96 valence electrons. The first-order valence-electron chi connectivity index (χ1n) is 6.00. The number of aryl methyl sites for hydroxylation is 3. The van der Waals surface area contributed by atoms with E-state index < -0.39 is 5.97 Å². The molecule has 0 aliphatic rings. The minimum absolute atomic E-state index is 0.118. The summed E-state index contributed by atoms with van der Waals surface area (Å²) < 4.78 is 0. The van der Waals surface area contributed by atoms with E-state index >= 15 is 0 Å². The molecule has 0 aromatic carbocycles. The molecule has 1 aromatic rings. The zero-order valence-electron chi connectivity index (χ0n) is 10.5. The summed E-state index contributed by atoms with van der Waals surface area (Å²) in [5.41, 5.74) is 6.97. The number of carboxylic acid groups (broad SMARTS) is 1. The summed E-state index contributed by atoms with van der Waals surface area (Å²) in [4.78, 5) is 13.3. The molecule has 3 nitrogen and oxygen atoms in total. The number of carbonyl (C=O) groups is 1. The van der Waals surface area contributed by atoms with Crippen LogP contribution >= 0.6 is 11.3 Å². The Bertz CT molecular complexity index is 373. The second-order valence-electron chi connectivity index (χ2n) is 4.53. The van der Waals surface area contributed by atoms with Crippen LogP contribution in [0.3, 0.4) is 0 Å². The molecular formula is C13H21NO2S. The molecule has 1 aromatic heterocycles. The third-order valence-corrected chi connectivity index (χ3v) is 4.01. The van der Waals surface area contributed by atoms with E-state index in [9.17, 15) is 4.79 Å². The lowest BCUT2D eigenvalue weighted by Crippen LogP contribution is -2.18. The van der Waals surface area contributed by atoms with Gasteiger partial charge < -0.3 is 10.8 Å². The van der Waals surface area contributed by atoms with E-state index in [1.165, 1.54) is 15.3 Å². The van der Waals surface area contributed by atoms with Crippen LogP contribution in [-0.4, -0.2) is 17.6 Å². The van der Waals surface area contributed by atoms with E-state index in [1.807, 2.05) is 11.3 Å². The van der Waals surface area contributed by atoms with Gasteiger partial charge >= 0.3 is 5.97 Å². The summed E-state index contributed by atoms with van der Waals surface area (Å²) in [6.07, 6.45) is 3.15. The van der Waals surface area contributed by atoms with Crippen LogP contribution in [0.5, 0.6) is 0 Å². The van der Waals surface area contributed by atoms with Crippen molar-refractivity contribution < 1.29 is 9.90 Å². The Morgan fingerprint density at radius 1 is 1.53 bits per heavy atom. The van der Waals surface area contributed by atoms with Crippen molar-refractivity contribution in [2.24, 2.45) is 11.7 Å². The average Bonchev–Trinajstić information content (AvgIpc) is 2.55. The zero-order chi connectivity index (χ0) is 12.8. The lowest BCUT2D eigenvalue weighted by Gasteiger charge is -2.11. The Kier molecular flexibility index (Phi) is 5.65. The number of aliphatic carboxylic acids is 1. The average molecular weight is 255 g/mol. The Balaban J connectivity index is 2.36. The van der Waals surface area contributed by atoms with Crippen LogP contribution < -0.4 is 5.73 Å². The van der Waals surface area contributed by atoms with Crippen molar-refractivity contribution in [3.8, 4) is 0 Å². The predicted molar refractivity (Wildman–Crippen MR) is 71.5 cm³/mol. The van der Waals surface area contributed by atoms with Crippen LogP contribution in [0, 0.1) is 19.8 Å². The Morgan fingerprint density at radius 3 is 2.71 bits per heavy atom. The molecule has 1 rings (SSSR count). The van der Waals surface area contributed by atoms with E-state index in [2.05, 4.69) is 19.9 Å². The van der Waals surface area contributed by atoms with Gasteiger partial charge in [-0.05, 0) is 57.2 Å². The maximum Gasteiger partial charge on any atom is 0.303 e. The summed E-state index contributed by atoms with van der Waals surface area (Å²) in [7, 11) is 0. The highest BCUT2D eigenvalue weighted by atomic mass is 32.1. The first kappa shape index (κ1) is 14.2. The standard InChI is InChI=1S/C13H21NO2S/c1-9-6-12(10(2)17-9)5-3-4-11(8-14)7-13(15)16/h6,11H,3-5,7-8,14H2,1-2H3,(H,15,16). The van der Waals surface area contributed by atoms with E-state index in [4.69, 9.17) is 10.8 Å². The van der Waals surface area contributed by atoms with Gasteiger partial charge in [-0.2, -0.15) is 0 Å². The summed E-state index contributed by atoms with van der Waals surface area (Å²) in [5.74, 6) is -0.629. The number of thiophene rings is 1. The number of nitrogens with two attached hydrogens (primary N) is 1. The molecule has 0 saturated carbocycles. The highest BCUT2D eigenvalue weighted by Gasteiger charge is 2.11. The highest BCUT2D eigenvalue weighted by molar-refractivity contribution is 7.12. The van der Waals surface area contributed by atoms with Crippen molar-refractivity contribution in [2.75, 3.05) is 6.54 Å². The van der Waals surface area contributed by atoms with Gasteiger partial charge in [-0.3, -0.25) is 4.79 Å². The van der Waals surface area contributed by atoms with Crippen molar-refractivity contribution in [3.05, 3.63) is 21.4 Å². The summed E-state index contributed by atoms with van der Waals surface area (Å²) >= 11 is 1.83. The van der Waals surface area contributed by atoms with Gasteiger partial charge in [0.25, 0.3) is 0 Å². The predicted octanol–water partition coefficient (Wildman–Crippen LogP) is 2.74. The molecule has 0 aliphatic carbocycles. The second-order valence-corrected chi connectivity index (χ2v) is 5.99. The molecule has 0 fully saturated rings. The third kappa shape index (κ3) is 4.88. The molecule has 3 N–H and O–H groups in total. The fourth-order valence-electron chi connectivity index (χ4n) is 2.06. The maximum atomic E-state index is 10.6. The van der Waals surface area contributed by atoms with E-state index in [1.54, 1.807) is 0 Å². The molecule has 17 heavy (non-hydrogen) atoms. The summed E-state index contributed by atoms with van der Waals surface area (Å²) in [6.45, 7) is 4.73. The van der Waals surface area contributed by atoms with Crippen LogP contribution in [0.2, 0.25) is 0 Å². The van der Waals surface area contributed by atoms with Gasteiger partial charge in [0, 0.05) is 16.2 Å². The first-order valence-corrected chi connectivity index (χ1v) is 6.82. The normalized spacial score (nSPS) is 12.6. The Morgan fingerprint density at radius 2 is 2.24 bits per heavy atom. The fraction of sp³-hybridized carbons (Fsp3) is 0.615. The molecular weight excluding hydrogens is 234 g/mol. The topological polar surface area (TPSA) is 63.3 Å². The molecule has 1 unspecified atom stereocenters. The van der Waals surface area contributed by atoms with Crippen LogP contribution in [0.1, 0.15) is 34.6 Å². The van der Waals surface area contributed by atoms with Gasteiger partial charge in [-0.15, -0.1) is 11.3 Å². The van der Waals surface area contributed by atoms with Gasteiger partial charge in [0.05, 0.1) is 0 Å². The maximum absolute atomic E-state index is 10.6. The van der Waals surface area contributed by atoms with Crippen molar-refractivity contribution in [1.29, 1.82) is 0 Å². The molecule has 0 aliphatic heterocycles. The smallest absolute Gasteiger partial charge is 0.303 e. The SMILES string of the molecule is Cc1cc(CCCC(CN)CC(=O)O)c(C)s1. The Hall–Kier alpha value is -0.870. The van der Waals surface area contributed by atoms with Crippen molar-refractivity contribution in [2.45, 2.75) is 39.5 Å². The van der Waals surface area contributed by atoms with Gasteiger partial charge in [-0.1, -0.05) is 0 Å². The highest BCUT2D eigenvalue weighted by Crippen LogP contribution is 2.23. The fourth-order valence-corrected chi connectivity index (χ4v) is 3.04. The number of rotatable bonds is 7. The summed E-state index contributed by atoms with van der Waals surface area (Å²) in [6, 6.07) is 2.23. The van der Waals surface area contributed by atoms with E-state index in [0.29, 0.717) is 6.54 Å². The van der Waals surface area contributed by atoms with Gasteiger partial charge in [0.15, 0.2) is 0 Å². The van der Waals surface area contributed by atoms with Gasteiger partial charge in [-0.25, -0.2) is 0 Å². The molecule has 4 heteroatoms. The number of hydrogen-bond donors (Lipinski definition) is 2. The van der Waals surface area contributed by atoms with E-state index in [-0.39, 0.29) is 12.3 Å². The Labute approximate surface area is 107 Å². The first-order chi connectivity index (χ1) is 8.02. The van der Waals surface area contributed by atoms with Crippen LogP contribution in [0.4, 0.5) is 0 Å². The van der Waals surface area contributed by atoms with Crippen LogP contribution in [-0.2, 0) is 11.2 Å². The minimum atomic E-state index is -0.747. The van der Waals surface area contributed by atoms with Crippen molar-refractivity contribution in [1.82, 2.24) is 0 Å². The lowest BCUT2D eigenvalue weighted by molar-refractivity contribution is -0.138. The van der Waals surface area contributed by atoms with Gasteiger partial charge in [0.2, 0.25) is 0 Å². The monoisotopic (exact) mass is 255 g/mol. The lowest BCUT2D eigenvalue weighted by atomic mass is 9.97. The third-order valence-electron chi connectivity index (χ3n) is 3.00. The molecule has 1 atom stereocenters. The number of carboxylic acids is 1. The van der Waals surface area contributed by atoms with E-state index in [0.717, 1.165) is 19.3 Å². The minimum Gasteiger partial charge on any atom is -0.481 e. The van der Waals surface area contributed by atoms with Crippen molar-refractivity contribution in [3.63, 3.8) is 0 Å². The quantitative estimate of drug-likeness (QED) is 0.787. The molecule has 0 amide bonds. The molecule has 0 bridgehead atoms. The second kappa shape index (κ2) is 6.77. The molecule has 0 spiro atoms. The largest absolute Gasteiger partial charge is 0.481 e. The summed E-state index contributed by atoms with van der Waals surface area (Å²) in [5, 5.41) is 8.72. The zero-order valence-corrected chi connectivity index (χ0v) is 11.3.